The minimum atomic E-state index is 0.878. The van der Waals surface area contributed by atoms with Crippen molar-refractivity contribution in [3.8, 4) is 44.5 Å². The molecule has 2 heteroatoms. The Labute approximate surface area is 382 Å². The van der Waals surface area contributed by atoms with E-state index in [1.807, 2.05) is 0 Å². The fourth-order valence-corrected chi connectivity index (χ4v) is 10.3. The Morgan fingerprint density at radius 1 is 0.273 bits per heavy atom. The van der Waals surface area contributed by atoms with E-state index >= 15 is 0 Å². The summed E-state index contributed by atoms with van der Waals surface area (Å²) in [6, 6.07) is 90.2. The maximum atomic E-state index is 6.70. The zero-order valence-corrected chi connectivity index (χ0v) is 36.0. The van der Waals surface area contributed by atoms with E-state index in [1.165, 1.54) is 65.5 Å². The van der Waals surface area contributed by atoms with Gasteiger partial charge in [-0.05, 0) is 125 Å². The summed E-state index contributed by atoms with van der Waals surface area (Å²) >= 11 is 0. The van der Waals surface area contributed by atoms with Gasteiger partial charge in [0.2, 0.25) is 0 Å². The van der Waals surface area contributed by atoms with E-state index in [4.69, 9.17) is 4.42 Å². The van der Waals surface area contributed by atoms with Crippen LogP contribution in [0.4, 0.5) is 17.1 Å². The van der Waals surface area contributed by atoms with Gasteiger partial charge in [-0.15, -0.1) is 0 Å². The first-order chi connectivity index (χ1) is 32.7. The average Bonchev–Trinajstić information content (AvgIpc) is 3.79. The van der Waals surface area contributed by atoms with Crippen molar-refractivity contribution in [3.05, 3.63) is 249 Å². The zero-order chi connectivity index (χ0) is 43.6. The van der Waals surface area contributed by atoms with Gasteiger partial charge in [-0.25, -0.2) is 0 Å². The fraction of sp³-hybridized carbons (Fsp3) is 0. The lowest BCUT2D eigenvalue weighted by Gasteiger charge is -2.28. The highest BCUT2D eigenvalue weighted by Crippen LogP contribution is 2.46. The first-order valence-electron chi connectivity index (χ1n) is 22.7. The van der Waals surface area contributed by atoms with E-state index in [0.29, 0.717) is 0 Å². The summed E-state index contributed by atoms with van der Waals surface area (Å²) in [6.45, 7) is 0. The molecule has 0 aliphatic carbocycles. The summed E-state index contributed by atoms with van der Waals surface area (Å²) < 4.78 is 6.70. The van der Waals surface area contributed by atoms with Crippen molar-refractivity contribution >= 4 is 82.1 Å². The van der Waals surface area contributed by atoms with E-state index in [0.717, 1.165) is 61.1 Å². The Hall–Kier alpha value is -8.72. The molecule has 308 valence electrons. The lowest BCUT2D eigenvalue weighted by Crippen LogP contribution is -2.11. The number of fused-ring (bicyclic) bond motifs is 9. The third-order valence-corrected chi connectivity index (χ3v) is 13.5. The van der Waals surface area contributed by atoms with Crippen molar-refractivity contribution < 1.29 is 4.42 Å². The van der Waals surface area contributed by atoms with Crippen LogP contribution in [0.15, 0.2) is 253 Å². The van der Waals surface area contributed by atoms with Gasteiger partial charge in [-0.3, -0.25) is 0 Å². The predicted octanol–water partition coefficient (Wildman–Crippen LogP) is 18.3. The van der Waals surface area contributed by atoms with Crippen molar-refractivity contribution in [2.75, 3.05) is 4.90 Å². The molecule has 0 amide bonds. The standard InChI is InChI=1S/C64H41NO/c1-4-17-51-44(13-1)16-11-23-52(51)46-29-27-42(28-30-46)43-31-36-49(37-32-43)65(50-38-33-47(34-39-50)60-41-48-15-3-5-18-53(48)55-20-7-8-21-56(55)60)61-25-10-9-22-57(61)58-24-12-26-62-63(58)59-40-35-45-14-2-6-19-54(45)64(59)66-62/h1-41H. The third-order valence-electron chi connectivity index (χ3n) is 13.5. The summed E-state index contributed by atoms with van der Waals surface area (Å²) in [6.07, 6.45) is 0. The maximum absolute atomic E-state index is 6.70. The summed E-state index contributed by atoms with van der Waals surface area (Å²) in [5.74, 6) is 0. The lowest BCUT2D eigenvalue weighted by molar-refractivity contribution is 0.673. The summed E-state index contributed by atoms with van der Waals surface area (Å²) in [7, 11) is 0. The minimum absolute atomic E-state index is 0.878. The molecular formula is C64H41NO. The van der Waals surface area contributed by atoms with Crippen molar-refractivity contribution in [2.24, 2.45) is 0 Å². The highest BCUT2D eigenvalue weighted by molar-refractivity contribution is 6.20. The average molecular weight is 840 g/mol. The van der Waals surface area contributed by atoms with Crippen LogP contribution in [0.3, 0.4) is 0 Å². The Bertz CT molecular complexity index is 3970. The van der Waals surface area contributed by atoms with Crippen LogP contribution < -0.4 is 4.90 Å². The minimum Gasteiger partial charge on any atom is -0.455 e. The molecule has 0 radical (unpaired) electrons. The van der Waals surface area contributed by atoms with Crippen LogP contribution in [-0.4, -0.2) is 0 Å². The van der Waals surface area contributed by atoms with E-state index in [2.05, 4.69) is 254 Å². The first kappa shape index (κ1) is 37.8. The SMILES string of the molecule is c1ccc(N(c2ccc(-c3ccc(-c4cccc5ccccc45)cc3)cc2)c2ccc(-c3cc4ccccc4c4ccccc34)cc2)c(-c2cccc3oc4c5ccccc5ccc4c23)c1. The molecular weight excluding hydrogens is 799 g/mol. The molecule has 0 spiro atoms. The van der Waals surface area contributed by atoms with Crippen LogP contribution in [0.1, 0.15) is 0 Å². The van der Waals surface area contributed by atoms with Crippen molar-refractivity contribution in [3.63, 3.8) is 0 Å². The molecule has 13 aromatic rings. The van der Waals surface area contributed by atoms with Gasteiger partial charge >= 0.3 is 0 Å². The van der Waals surface area contributed by atoms with Gasteiger partial charge in [0.05, 0.1) is 5.69 Å². The van der Waals surface area contributed by atoms with E-state index in [1.54, 1.807) is 0 Å². The normalized spacial score (nSPS) is 11.6. The maximum Gasteiger partial charge on any atom is 0.143 e. The Balaban J connectivity index is 0.945. The summed E-state index contributed by atoms with van der Waals surface area (Å²) in [5.41, 5.74) is 14.5. The van der Waals surface area contributed by atoms with Gasteiger partial charge in [0.1, 0.15) is 11.2 Å². The molecule has 0 saturated carbocycles. The van der Waals surface area contributed by atoms with Crippen molar-refractivity contribution in [1.82, 2.24) is 0 Å². The van der Waals surface area contributed by atoms with Crippen LogP contribution in [0.2, 0.25) is 0 Å². The largest absolute Gasteiger partial charge is 0.455 e. The van der Waals surface area contributed by atoms with E-state index < -0.39 is 0 Å². The molecule has 0 fully saturated rings. The topological polar surface area (TPSA) is 16.4 Å². The van der Waals surface area contributed by atoms with Gasteiger partial charge in [-0.1, -0.05) is 200 Å². The van der Waals surface area contributed by atoms with Gasteiger partial charge in [0.15, 0.2) is 0 Å². The third kappa shape index (κ3) is 6.26. The molecule has 2 nitrogen and oxygen atoms in total. The monoisotopic (exact) mass is 839 g/mol. The number of para-hydroxylation sites is 1. The molecule has 1 heterocycles. The lowest BCUT2D eigenvalue weighted by atomic mass is 9.93. The van der Waals surface area contributed by atoms with Gasteiger partial charge in [-0.2, -0.15) is 0 Å². The molecule has 12 aromatic carbocycles. The molecule has 0 bridgehead atoms. The van der Waals surface area contributed by atoms with Gasteiger partial charge in [0, 0.05) is 33.1 Å². The van der Waals surface area contributed by atoms with Crippen LogP contribution in [0.5, 0.6) is 0 Å². The molecule has 0 atom stereocenters. The van der Waals surface area contributed by atoms with Gasteiger partial charge < -0.3 is 9.32 Å². The van der Waals surface area contributed by atoms with Crippen molar-refractivity contribution in [1.29, 1.82) is 0 Å². The van der Waals surface area contributed by atoms with Crippen LogP contribution in [0.25, 0.3) is 110 Å². The van der Waals surface area contributed by atoms with Crippen LogP contribution >= 0.6 is 0 Å². The quantitative estimate of drug-likeness (QED) is 0.149. The molecule has 0 aliphatic rings. The molecule has 13 rings (SSSR count). The second kappa shape index (κ2) is 15.5. The highest BCUT2D eigenvalue weighted by atomic mass is 16.3. The van der Waals surface area contributed by atoms with E-state index in [-0.39, 0.29) is 0 Å². The zero-order valence-electron chi connectivity index (χ0n) is 36.0. The Morgan fingerprint density at radius 3 is 1.53 bits per heavy atom. The number of anilines is 3. The predicted molar refractivity (Wildman–Crippen MR) is 280 cm³/mol. The second-order valence-corrected chi connectivity index (χ2v) is 17.2. The van der Waals surface area contributed by atoms with E-state index in [9.17, 15) is 0 Å². The molecule has 1 aromatic heterocycles. The number of benzene rings is 12. The molecule has 0 aliphatic heterocycles. The Kier molecular flexibility index (Phi) is 8.89. The number of nitrogens with zero attached hydrogens (tertiary/aromatic N) is 1. The molecule has 0 saturated heterocycles. The first-order valence-corrected chi connectivity index (χ1v) is 22.7. The number of rotatable bonds is 7. The highest BCUT2D eigenvalue weighted by Gasteiger charge is 2.22. The molecule has 66 heavy (non-hydrogen) atoms. The number of furan rings is 1. The van der Waals surface area contributed by atoms with Crippen LogP contribution in [0, 0.1) is 0 Å². The van der Waals surface area contributed by atoms with Gasteiger partial charge in [0.25, 0.3) is 0 Å². The van der Waals surface area contributed by atoms with Crippen LogP contribution in [-0.2, 0) is 0 Å². The Morgan fingerprint density at radius 2 is 0.773 bits per heavy atom. The summed E-state index contributed by atoms with van der Waals surface area (Å²) in [5, 5.41) is 12.1. The molecule has 0 N–H and O–H groups in total. The second-order valence-electron chi connectivity index (χ2n) is 17.2. The number of hydrogen-bond donors (Lipinski definition) is 0. The number of hydrogen-bond acceptors (Lipinski definition) is 2. The summed E-state index contributed by atoms with van der Waals surface area (Å²) in [4.78, 5) is 2.40. The fourth-order valence-electron chi connectivity index (χ4n) is 10.3. The smallest absolute Gasteiger partial charge is 0.143 e. The van der Waals surface area contributed by atoms with Crippen molar-refractivity contribution in [2.45, 2.75) is 0 Å². The molecule has 0 unspecified atom stereocenters.